The molecule has 1 aromatic carbocycles. The van der Waals surface area contributed by atoms with Gasteiger partial charge in [-0.05, 0) is 46.8 Å². The molecule has 0 fully saturated rings. The fourth-order valence-corrected chi connectivity index (χ4v) is 1.45. The number of amides is 2. The van der Waals surface area contributed by atoms with Gasteiger partial charge in [-0.3, -0.25) is 0 Å². The molecular formula is C15H22N2O3. The molecule has 0 aromatic heterocycles. The number of carbonyl (C=O) groups is 2. The summed E-state index contributed by atoms with van der Waals surface area (Å²) < 4.78 is 5.18. The molecule has 1 atom stereocenters. The van der Waals surface area contributed by atoms with Crippen LogP contribution in [0.5, 0.6) is 0 Å². The third-order valence-electron chi connectivity index (χ3n) is 2.42. The Balaban J connectivity index is 2.49. The van der Waals surface area contributed by atoms with Gasteiger partial charge in [0.25, 0.3) is 0 Å². The van der Waals surface area contributed by atoms with E-state index in [2.05, 4.69) is 10.6 Å². The molecule has 2 N–H and O–H groups in total. The lowest BCUT2D eigenvalue weighted by Crippen LogP contribution is -2.43. The fraction of sp³-hybridized carbons (Fsp3) is 0.467. The van der Waals surface area contributed by atoms with Gasteiger partial charge in [0.1, 0.15) is 11.6 Å². The first-order valence-electron chi connectivity index (χ1n) is 6.54. The van der Waals surface area contributed by atoms with Crippen molar-refractivity contribution in [3.05, 3.63) is 29.8 Å². The van der Waals surface area contributed by atoms with Crippen LogP contribution in [0.4, 0.5) is 10.5 Å². The molecule has 0 aliphatic heterocycles. The van der Waals surface area contributed by atoms with Crippen LogP contribution in [-0.2, 0) is 9.53 Å². The Hall–Kier alpha value is -2.04. The lowest BCUT2D eigenvalue weighted by molar-refractivity contribution is -0.156. The molecule has 2 amide bonds. The maximum atomic E-state index is 11.7. The molecule has 0 radical (unpaired) electrons. The van der Waals surface area contributed by atoms with Crippen molar-refractivity contribution in [3.8, 4) is 0 Å². The monoisotopic (exact) mass is 278 g/mol. The second-order valence-electron chi connectivity index (χ2n) is 5.72. The number of carbonyl (C=O) groups excluding carboxylic acids is 2. The molecule has 0 saturated carbocycles. The molecule has 0 spiro atoms. The highest BCUT2D eigenvalue weighted by molar-refractivity contribution is 5.92. The summed E-state index contributed by atoms with van der Waals surface area (Å²) >= 11 is 0. The summed E-state index contributed by atoms with van der Waals surface area (Å²) in [5.41, 5.74) is 1.21. The van der Waals surface area contributed by atoms with Gasteiger partial charge in [-0.2, -0.15) is 0 Å². The first-order chi connectivity index (χ1) is 9.17. The number of aryl methyl sites for hydroxylation is 1. The van der Waals surface area contributed by atoms with Gasteiger partial charge in [0, 0.05) is 5.69 Å². The van der Waals surface area contributed by atoms with Crippen molar-refractivity contribution in [1.29, 1.82) is 0 Å². The van der Waals surface area contributed by atoms with Crippen LogP contribution in [0.1, 0.15) is 33.3 Å². The highest BCUT2D eigenvalue weighted by Crippen LogP contribution is 2.10. The first kappa shape index (κ1) is 16.0. The second kappa shape index (κ2) is 6.41. The molecule has 1 rings (SSSR count). The van der Waals surface area contributed by atoms with Crippen LogP contribution in [0.2, 0.25) is 0 Å². The van der Waals surface area contributed by atoms with E-state index in [4.69, 9.17) is 4.74 Å². The van der Waals surface area contributed by atoms with Gasteiger partial charge in [-0.15, -0.1) is 0 Å². The van der Waals surface area contributed by atoms with Gasteiger partial charge in [0.2, 0.25) is 0 Å². The van der Waals surface area contributed by atoms with Crippen LogP contribution in [-0.4, -0.2) is 23.6 Å². The van der Waals surface area contributed by atoms with E-state index in [0.29, 0.717) is 5.69 Å². The van der Waals surface area contributed by atoms with Crippen molar-refractivity contribution in [2.45, 2.75) is 46.3 Å². The number of benzene rings is 1. The van der Waals surface area contributed by atoms with E-state index in [9.17, 15) is 9.59 Å². The molecule has 0 aliphatic carbocycles. The van der Waals surface area contributed by atoms with E-state index in [1.807, 2.05) is 19.1 Å². The average molecular weight is 278 g/mol. The third-order valence-corrected chi connectivity index (χ3v) is 2.42. The molecule has 5 heteroatoms. The Bertz CT molecular complexity index is 475. The van der Waals surface area contributed by atoms with Gasteiger partial charge in [-0.1, -0.05) is 17.7 Å². The van der Waals surface area contributed by atoms with Crippen molar-refractivity contribution in [1.82, 2.24) is 5.32 Å². The summed E-state index contributed by atoms with van der Waals surface area (Å²) in [6, 6.07) is 6.24. The molecule has 0 aliphatic rings. The zero-order valence-electron chi connectivity index (χ0n) is 12.6. The Labute approximate surface area is 119 Å². The zero-order chi connectivity index (χ0) is 15.3. The molecule has 5 nitrogen and oxygen atoms in total. The molecule has 0 saturated heterocycles. The van der Waals surface area contributed by atoms with E-state index in [-0.39, 0.29) is 0 Å². The van der Waals surface area contributed by atoms with Crippen molar-refractivity contribution < 1.29 is 14.3 Å². The normalized spacial score (nSPS) is 12.4. The molecule has 110 valence electrons. The number of rotatable bonds is 3. The topological polar surface area (TPSA) is 67.4 Å². The van der Waals surface area contributed by atoms with Crippen molar-refractivity contribution in [2.24, 2.45) is 0 Å². The largest absolute Gasteiger partial charge is 0.458 e. The van der Waals surface area contributed by atoms with E-state index >= 15 is 0 Å². The third kappa shape index (κ3) is 5.73. The molecule has 20 heavy (non-hydrogen) atoms. The maximum absolute atomic E-state index is 11.7. The van der Waals surface area contributed by atoms with Crippen LogP contribution in [0, 0.1) is 6.92 Å². The molecule has 0 bridgehead atoms. The van der Waals surface area contributed by atoms with Gasteiger partial charge in [0.05, 0.1) is 0 Å². The second-order valence-corrected chi connectivity index (χ2v) is 5.72. The highest BCUT2D eigenvalue weighted by atomic mass is 16.6. The quantitative estimate of drug-likeness (QED) is 0.835. The minimum atomic E-state index is -0.709. The summed E-state index contributed by atoms with van der Waals surface area (Å²) in [6.07, 6.45) is 0. The van der Waals surface area contributed by atoms with Crippen LogP contribution >= 0.6 is 0 Å². The molecule has 0 unspecified atom stereocenters. The van der Waals surface area contributed by atoms with Crippen molar-refractivity contribution >= 4 is 17.7 Å². The minimum Gasteiger partial charge on any atom is -0.458 e. The lowest BCUT2D eigenvalue weighted by atomic mass is 10.2. The van der Waals surface area contributed by atoms with Crippen molar-refractivity contribution in [3.63, 3.8) is 0 Å². The van der Waals surface area contributed by atoms with E-state index in [0.717, 1.165) is 5.56 Å². The summed E-state index contributed by atoms with van der Waals surface area (Å²) in [6.45, 7) is 8.90. The number of anilines is 1. The van der Waals surface area contributed by atoms with E-state index < -0.39 is 23.6 Å². The van der Waals surface area contributed by atoms with E-state index in [1.165, 1.54) is 0 Å². The number of ether oxygens (including phenoxy) is 1. The number of hydrogen-bond donors (Lipinski definition) is 2. The average Bonchev–Trinajstić information content (AvgIpc) is 2.29. The van der Waals surface area contributed by atoms with E-state index in [1.54, 1.807) is 39.8 Å². The Morgan fingerprint density at radius 2 is 1.70 bits per heavy atom. The maximum Gasteiger partial charge on any atom is 0.328 e. The predicted molar refractivity (Wildman–Crippen MR) is 78.6 cm³/mol. The summed E-state index contributed by atoms with van der Waals surface area (Å²) in [5.74, 6) is -0.462. The van der Waals surface area contributed by atoms with Crippen LogP contribution < -0.4 is 10.6 Å². The van der Waals surface area contributed by atoms with Gasteiger partial charge >= 0.3 is 12.0 Å². The molecule has 0 heterocycles. The zero-order valence-corrected chi connectivity index (χ0v) is 12.6. The van der Waals surface area contributed by atoms with Crippen LogP contribution in [0.15, 0.2) is 24.3 Å². The minimum absolute atomic E-state index is 0.438. The van der Waals surface area contributed by atoms with Crippen molar-refractivity contribution in [2.75, 3.05) is 5.32 Å². The summed E-state index contributed by atoms with van der Waals surface area (Å²) in [5, 5.41) is 5.20. The number of esters is 1. The smallest absolute Gasteiger partial charge is 0.328 e. The van der Waals surface area contributed by atoms with Gasteiger partial charge < -0.3 is 15.4 Å². The number of urea groups is 1. The Morgan fingerprint density at radius 1 is 1.15 bits per heavy atom. The lowest BCUT2D eigenvalue weighted by Gasteiger charge is -2.22. The van der Waals surface area contributed by atoms with Crippen LogP contribution in [0.25, 0.3) is 0 Å². The first-order valence-corrected chi connectivity index (χ1v) is 6.54. The van der Waals surface area contributed by atoms with Gasteiger partial charge in [0.15, 0.2) is 0 Å². The highest BCUT2D eigenvalue weighted by Gasteiger charge is 2.22. The van der Waals surface area contributed by atoms with Gasteiger partial charge in [-0.25, -0.2) is 9.59 Å². The Kier molecular flexibility index (Phi) is 5.13. The molecule has 1 aromatic rings. The van der Waals surface area contributed by atoms with Crippen LogP contribution in [0.3, 0.4) is 0 Å². The number of hydrogen-bond acceptors (Lipinski definition) is 3. The SMILES string of the molecule is Cc1ccc(NC(=O)N[C@H](C)C(=O)OC(C)(C)C)cc1. The Morgan fingerprint density at radius 3 is 2.20 bits per heavy atom. The predicted octanol–water partition coefficient (Wildman–Crippen LogP) is 2.85. The summed E-state index contributed by atoms with van der Waals surface area (Å²) in [7, 11) is 0. The summed E-state index contributed by atoms with van der Waals surface area (Å²) in [4.78, 5) is 23.5. The molecular weight excluding hydrogens is 256 g/mol. The fourth-order valence-electron chi connectivity index (χ4n) is 1.45. The standard InChI is InChI=1S/C15H22N2O3/c1-10-6-8-12(9-7-10)17-14(19)16-11(2)13(18)20-15(3,4)5/h6-9,11H,1-5H3,(H2,16,17,19)/t11-/m1/s1. The number of nitrogens with one attached hydrogen (secondary N) is 2.